The van der Waals surface area contributed by atoms with E-state index in [1.807, 2.05) is 35.2 Å². The number of likely N-dealkylation sites (tertiary alicyclic amines) is 1. The average molecular weight is 401 g/mol. The summed E-state index contributed by atoms with van der Waals surface area (Å²) in [4.78, 5) is 15.2. The van der Waals surface area contributed by atoms with E-state index in [0.29, 0.717) is 18.4 Å². The summed E-state index contributed by atoms with van der Waals surface area (Å²) < 4.78 is 13.8. The van der Waals surface area contributed by atoms with Crippen LogP contribution in [0.25, 0.3) is 10.9 Å². The fourth-order valence-electron chi connectivity index (χ4n) is 4.70. The van der Waals surface area contributed by atoms with Crippen molar-refractivity contribution in [1.82, 2.24) is 20.4 Å². The molecule has 0 radical (unpaired) electrons. The first-order valence-corrected chi connectivity index (χ1v) is 9.38. The van der Waals surface area contributed by atoms with Crippen LogP contribution in [0.15, 0.2) is 48.5 Å². The number of hydrogen-bond acceptors (Lipinski definition) is 3. The highest BCUT2D eigenvalue weighted by Crippen LogP contribution is 2.43. The summed E-state index contributed by atoms with van der Waals surface area (Å²) in [6.07, 6.45) is 0.277. The maximum Gasteiger partial charge on any atom is 0.229 e. The molecular weight excluding hydrogens is 379 g/mol. The largest absolute Gasteiger partial charge is 0.335 e. The molecular formula is C21H22ClFN4O. The van der Waals surface area contributed by atoms with Gasteiger partial charge in [0.1, 0.15) is 5.82 Å². The van der Waals surface area contributed by atoms with Crippen molar-refractivity contribution in [3.8, 4) is 0 Å². The number of rotatable bonds is 3. The summed E-state index contributed by atoms with van der Waals surface area (Å²) in [5.41, 5.74) is 2.59. The second-order valence-corrected chi connectivity index (χ2v) is 7.52. The molecule has 5 nitrogen and oxygen atoms in total. The lowest BCUT2D eigenvalue weighted by molar-refractivity contribution is -0.132. The van der Waals surface area contributed by atoms with E-state index in [9.17, 15) is 9.18 Å². The van der Waals surface area contributed by atoms with E-state index in [1.165, 1.54) is 6.07 Å². The minimum atomic E-state index is -0.256. The van der Waals surface area contributed by atoms with Gasteiger partial charge in [0.05, 0.1) is 23.7 Å². The molecule has 28 heavy (non-hydrogen) atoms. The van der Waals surface area contributed by atoms with E-state index in [-0.39, 0.29) is 36.6 Å². The van der Waals surface area contributed by atoms with Crippen LogP contribution in [0.3, 0.4) is 0 Å². The van der Waals surface area contributed by atoms with E-state index >= 15 is 0 Å². The van der Waals surface area contributed by atoms with Crippen LogP contribution in [-0.4, -0.2) is 40.6 Å². The van der Waals surface area contributed by atoms with E-state index in [4.69, 9.17) is 0 Å². The molecule has 7 heteroatoms. The van der Waals surface area contributed by atoms with Crippen molar-refractivity contribution in [3.63, 3.8) is 0 Å². The molecule has 3 heterocycles. The highest BCUT2D eigenvalue weighted by Gasteiger charge is 2.46. The van der Waals surface area contributed by atoms with Gasteiger partial charge in [-0.3, -0.25) is 9.89 Å². The number of nitrogens with one attached hydrogen (secondary N) is 2. The normalized spacial score (nSPS) is 23.6. The number of carbonyl (C=O) groups excluding carboxylic acids is 1. The number of nitrogens with zero attached hydrogens (tertiary/aromatic N) is 2. The SMILES string of the molecule is Cl.O=C(Cc1[nH]nc2ccccc12)N1C[C@@H]2CNC[C@@H]2[C@H]1c1cccc(F)c1. The highest BCUT2D eigenvalue weighted by molar-refractivity contribution is 5.87. The molecule has 2 saturated heterocycles. The Bertz CT molecular complexity index is 1010. The van der Waals surface area contributed by atoms with Gasteiger partial charge in [0, 0.05) is 30.9 Å². The monoisotopic (exact) mass is 400 g/mol. The van der Waals surface area contributed by atoms with Crippen LogP contribution in [-0.2, 0) is 11.2 Å². The molecule has 2 fully saturated rings. The van der Waals surface area contributed by atoms with Gasteiger partial charge in [0.25, 0.3) is 0 Å². The maximum atomic E-state index is 13.8. The van der Waals surface area contributed by atoms with Gasteiger partial charge in [-0.1, -0.05) is 30.3 Å². The van der Waals surface area contributed by atoms with Crippen molar-refractivity contribution in [2.75, 3.05) is 19.6 Å². The van der Waals surface area contributed by atoms with Gasteiger partial charge < -0.3 is 10.2 Å². The first-order valence-electron chi connectivity index (χ1n) is 9.38. The number of H-pyrrole nitrogens is 1. The van der Waals surface area contributed by atoms with Crippen LogP contribution >= 0.6 is 12.4 Å². The Hall–Kier alpha value is -2.44. The number of amides is 1. The summed E-state index contributed by atoms with van der Waals surface area (Å²) in [6, 6.07) is 14.4. The second-order valence-electron chi connectivity index (χ2n) is 7.52. The van der Waals surface area contributed by atoms with Gasteiger partial charge >= 0.3 is 0 Å². The lowest BCUT2D eigenvalue weighted by Crippen LogP contribution is -2.35. The molecule has 0 saturated carbocycles. The Morgan fingerprint density at radius 2 is 2.04 bits per heavy atom. The molecule has 2 aromatic carbocycles. The molecule has 1 amide bonds. The van der Waals surface area contributed by atoms with E-state index in [2.05, 4.69) is 15.5 Å². The number of aromatic nitrogens is 2. The van der Waals surface area contributed by atoms with Crippen LogP contribution in [0.5, 0.6) is 0 Å². The zero-order valence-corrected chi connectivity index (χ0v) is 16.1. The molecule has 2 aliphatic rings. The smallest absolute Gasteiger partial charge is 0.229 e. The lowest BCUT2D eigenvalue weighted by Gasteiger charge is -2.28. The number of fused-ring (bicyclic) bond motifs is 2. The predicted molar refractivity (Wildman–Crippen MR) is 108 cm³/mol. The number of para-hydroxylation sites is 1. The molecule has 1 aromatic heterocycles. The Morgan fingerprint density at radius 1 is 1.18 bits per heavy atom. The molecule has 0 spiro atoms. The Labute approximate surface area is 168 Å². The van der Waals surface area contributed by atoms with Crippen LogP contribution in [0.1, 0.15) is 17.3 Å². The van der Waals surface area contributed by atoms with Crippen LogP contribution in [0.2, 0.25) is 0 Å². The van der Waals surface area contributed by atoms with Crippen molar-refractivity contribution >= 4 is 29.2 Å². The summed E-state index contributed by atoms with van der Waals surface area (Å²) in [7, 11) is 0. The Kier molecular flexibility index (Phi) is 5.08. The average Bonchev–Trinajstić information content (AvgIpc) is 3.36. The third-order valence-electron chi connectivity index (χ3n) is 5.94. The second kappa shape index (κ2) is 7.53. The van der Waals surface area contributed by atoms with Crippen LogP contribution in [0.4, 0.5) is 4.39 Å². The summed E-state index contributed by atoms with van der Waals surface area (Å²) in [5.74, 6) is 0.553. The predicted octanol–water partition coefficient (Wildman–Crippen LogP) is 3.09. The van der Waals surface area contributed by atoms with E-state index in [0.717, 1.165) is 35.2 Å². The van der Waals surface area contributed by atoms with Gasteiger partial charge in [-0.2, -0.15) is 5.10 Å². The fraction of sp³-hybridized carbons (Fsp3) is 0.333. The van der Waals surface area contributed by atoms with Crippen molar-refractivity contribution in [1.29, 1.82) is 0 Å². The number of carbonyl (C=O) groups is 1. The van der Waals surface area contributed by atoms with Gasteiger partial charge in [-0.15, -0.1) is 12.4 Å². The third kappa shape index (κ3) is 3.16. The standard InChI is InChI=1S/C21H21FN4O.ClH/c22-15-5-3-4-13(8-15)21-17-11-23-10-14(17)12-26(21)20(27)9-19-16-6-1-2-7-18(16)24-25-19;/h1-8,14,17,21,23H,9-12H2,(H,24,25);1H/t14-,17-,21+;/m0./s1. The molecule has 3 aromatic rings. The van der Waals surface area contributed by atoms with Crippen molar-refractivity contribution < 1.29 is 9.18 Å². The van der Waals surface area contributed by atoms with Crippen LogP contribution in [0, 0.1) is 17.7 Å². The summed E-state index contributed by atoms with van der Waals surface area (Å²) in [6.45, 7) is 2.49. The van der Waals surface area contributed by atoms with Gasteiger partial charge in [0.2, 0.25) is 5.91 Å². The Balaban J connectivity index is 0.00000192. The first-order chi connectivity index (χ1) is 13.2. The minimum absolute atomic E-state index is 0. The molecule has 2 aliphatic heterocycles. The molecule has 5 rings (SSSR count). The molecule has 0 unspecified atom stereocenters. The molecule has 3 atom stereocenters. The van der Waals surface area contributed by atoms with Gasteiger partial charge in [0.15, 0.2) is 0 Å². The zero-order chi connectivity index (χ0) is 18.4. The molecule has 2 N–H and O–H groups in total. The van der Waals surface area contributed by atoms with Crippen LogP contribution < -0.4 is 5.32 Å². The van der Waals surface area contributed by atoms with Gasteiger partial charge in [-0.25, -0.2) is 4.39 Å². The number of benzene rings is 2. The summed E-state index contributed by atoms with van der Waals surface area (Å²) >= 11 is 0. The minimum Gasteiger partial charge on any atom is -0.335 e. The van der Waals surface area contributed by atoms with Crippen molar-refractivity contribution in [2.24, 2.45) is 11.8 Å². The first kappa shape index (κ1) is 18.9. The summed E-state index contributed by atoms with van der Waals surface area (Å²) in [5, 5.41) is 11.7. The quantitative estimate of drug-likeness (QED) is 0.710. The Morgan fingerprint density at radius 3 is 2.89 bits per heavy atom. The number of aromatic amines is 1. The molecule has 146 valence electrons. The maximum absolute atomic E-state index is 13.8. The fourth-order valence-corrected chi connectivity index (χ4v) is 4.70. The van der Waals surface area contributed by atoms with E-state index in [1.54, 1.807) is 12.1 Å². The van der Waals surface area contributed by atoms with E-state index < -0.39 is 0 Å². The van der Waals surface area contributed by atoms with Crippen molar-refractivity contribution in [2.45, 2.75) is 12.5 Å². The third-order valence-corrected chi connectivity index (χ3v) is 5.94. The number of halogens is 2. The van der Waals surface area contributed by atoms with Crippen molar-refractivity contribution in [3.05, 3.63) is 65.6 Å². The highest BCUT2D eigenvalue weighted by atomic mass is 35.5. The molecule has 0 aliphatic carbocycles. The topological polar surface area (TPSA) is 61.0 Å². The van der Waals surface area contributed by atoms with Gasteiger partial charge in [-0.05, 0) is 29.7 Å². The molecule has 0 bridgehead atoms. The zero-order valence-electron chi connectivity index (χ0n) is 15.3. The number of hydrogen-bond donors (Lipinski definition) is 2. The lowest BCUT2D eigenvalue weighted by atomic mass is 9.89.